The number of pyridine rings is 1. The summed E-state index contributed by atoms with van der Waals surface area (Å²) >= 11 is 0. The van der Waals surface area contributed by atoms with Gasteiger partial charge in [-0.05, 0) is 81.5 Å². The molecule has 174 valence electrons. The molecule has 3 aromatic rings. The van der Waals surface area contributed by atoms with Gasteiger partial charge in [0.2, 0.25) is 0 Å². The fraction of sp³-hybridized carbons (Fsp3) is 0.207. The summed E-state index contributed by atoms with van der Waals surface area (Å²) < 4.78 is 2.29. The first-order valence-corrected chi connectivity index (χ1v) is 12.1. The van der Waals surface area contributed by atoms with Crippen LogP contribution in [0.3, 0.4) is 0 Å². The fourth-order valence-electron chi connectivity index (χ4n) is 4.82. The molecule has 0 unspecified atom stereocenters. The SMILES string of the molecule is CN1CCC(/N=c2\cc3n(-c4ccccc4)c4ccccc4nc-3cc2Nc2cccnc2)CC1. The number of piperidine rings is 1. The minimum absolute atomic E-state index is 0.302. The quantitative estimate of drug-likeness (QED) is 0.372. The lowest BCUT2D eigenvalue weighted by molar-refractivity contribution is 0.255. The number of rotatable bonds is 4. The Morgan fingerprint density at radius 3 is 2.51 bits per heavy atom. The molecule has 1 aliphatic carbocycles. The molecule has 6 heteroatoms. The highest BCUT2D eigenvalue weighted by Crippen LogP contribution is 2.30. The number of hydrogen-bond donors (Lipinski definition) is 1. The van der Waals surface area contributed by atoms with E-state index in [-0.39, 0.29) is 0 Å². The molecular formula is C29H28N6. The maximum absolute atomic E-state index is 5.26. The molecule has 3 aliphatic rings. The van der Waals surface area contributed by atoms with Crippen molar-refractivity contribution in [1.29, 1.82) is 0 Å². The molecule has 1 saturated heterocycles. The summed E-state index contributed by atoms with van der Waals surface area (Å²) in [5.41, 5.74) is 6.98. The normalized spacial score (nSPS) is 15.6. The van der Waals surface area contributed by atoms with Crippen molar-refractivity contribution in [3.05, 3.63) is 96.6 Å². The number of fused-ring (bicyclic) bond motifs is 2. The van der Waals surface area contributed by atoms with E-state index >= 15 is 0 Å². The Hall–Kier alpha value is -4.03. The largest absolute Gasteiger partial charge is 0.352 e. The molecular weight excluding hydrogens is 432 g/mol. The van der Waals surface area contributed by atoms with E-state index in [0.29, 0.717) is 6.04 Å². The van der Waals surface area contributed by atoms with Crippen LogP contribution >= 0.6 is 0 Å². The summed E-state index contributed by atoms with van der Waals surface area (Å²) in [5, 5.41) is 4.51. The van der Waals surface area contributed by atoms with Crippen LogP contribution in [0.15, 0.2) is 96.2 Å². The van der Waals surface area contributed by atoms with Crippen LogP contribution in [0.1, 0.15) is 12.8 Å². The van der Waals surface area contributed by atoms with E-state index in [4.69, 9.17) is 9.98 Å². The number of aromatic nitrogens is 3. The van der Waals surface area contributed by atoms with Crippen LogP contribution in [0, 0.1) is 0 Å². The lowest BCUT2D eigenvalue weighted by Crippen LogP contribution is -2.33. The Bertz CT molecular complexity index is 1480. The van der Waals surface area contributed by atoms with Gasteiger partial charge in [-0.25, -0.2) is 4.98 Å². The lowest BCUT2D eigenvalue weighted by atomic mass is 10.1. The van der Waals surface area contributed by atoms with Crippen molar-refractivity contribution in [1.82, 2.24) is 19.4 Å². The Morgan fingerprint density at radius 1 is 0.914 bits per heavy atom. The molecule has 3 heterocycles. The van der Waals surface area contributed by atoms with E-state index < -0.39 is 0 Å². The Labute approximate surface area is 205 Å². The monoisotopic (exact) mass is 460 g/mol. The van der Waals surface area contributed by atoms with Crippen LogP contribution < -0.4 is 10.7 Å². The third kappa shape index (κ3) is 4.40. The van der Waals surface area contributed by atoms with Crippen LogP contribution in [0.2, 0.25) is 0 Å². The highest BCUT2D eigenvalue weighted by Gasteiger charge is 2.19. The summed E-state index contributed by atoms with van der Waals surface area (Å²) in [6, 6.07) is 27.4. The van der Waals surface area contributed by atoms with Gasteiger partial charge in [0.25, 0.3) is 0 Å². The Kier molecular flexibility index (Phi) is 5.72. The average molecular weight is 461 g/mol. The first-order valence-electron chi connectivity index (χ1n) is 12.1. The first-order chi connectivity index (χ1) is 17.2. The van der Waals surface area contributed by atoms with Crippen LogP contribution in [0.25, 0.3) is 28.1 Å². The van der Waals surface area contributed by atoms with Gasteiger partial charge in [0.1, 0.15) is 0 Å². The summed E-state index contributed by atoms with van der Waals surface area (Å²) in [5.74, 6) is 0. The van der Waals surface area contributed by atoms with Crippen LogP contribution in [-0.4, -0.2) is 45.6 Å². The summed E-state index contributed by atoms with van der Waals surface area (Å²) in [6.45, 7) is 2.15. The van der Waals surface area contributed by atoms with Gasteiger partial charge < -0.3 is 14.8 Å². The van der Waals surface area contributed by atoms with Crippen molar-refractivity contribution in [2.75, 3.05) is 25.5 Å². The number of benzene rings is 3. The second-order valence-corrected chi connectivity index (χ2v) is 9.16. The highest BCUT2D eigenvalue weighted by atomic mass is 15.1. The number of likely N-dealkylation sites (tertiary alicyclic amines) is 1. The predicted octanol–water partition coefficient (Wildman–Crippen LogP) is 5.26. The smallest absolute Gasteiger partial charge is 0.0900 e. The molecule has 2 aromatic carbocycles. The van der Waals surface area contributed by atoms with Crippen molar-refractivity contribution in [3.8, 4) is 17.1 Å². The maximum Gasteiger partial charge on any atom is 0.0900 e. The van der Waals surface area contributed by atoms with Crippen molar-refractivity contribution in [2.24, 2.45) is 4.99 Å². The molecule has 1 N–H and O–H groups in total. The molecule has 2 aliphatic heterocycles. The highest BCUT2D eigenvalue weighted by molar-refractivity contribution is 5.84. The molecule has 6 nitrogen and oxygen atoms in total. The molecule has 0 atom stereocenters. The predicted molar refractivity (Wildman–Crippen MR) is 141 cm³/mol. The lowest BCUT2D eigenvalue weighted by Gasteiger charge is -2.26. The fourth-order valence-corrected chi connectivity index (χ4v) is 4.82. The molecule has 1 aromatic heterocycles. The number of anilines is 2. The third-order valence-corrected chi connectivity index (χ3v) is 6.66. The van der Waals surface area contributed by atoms with Gasteiger partial charge in [-0.2, -0.15) is 0 Å². The summed E-state index contributed by atoms with van der Waals surface area (Å²) in [6.07, 6.45) is 5.75. The van der Waals surface area contributed by atoms with E-state index in [2.05, 4.69) is 81.4 Å². The minimum atomic E-state index is 0.302. The van der Waals surface area contributed by atoms with Gasteiger partial charge in [-0.1, -0.05) is 30.3 Å². The van der Waals surface area contributed by atoms with Gasteiger partial charge in [0.15, 0.2) is 0 Å². The zero-order valence-electron chi connectivity index (χ0n) is 19.8. The van der Waals surface area contributed by atoms with Crippen molar-refractivity contribution < 1.29 is 0 Å². The number of para-hydroxylation sites is 3. The standard InChI is InChI=1S/C29H28N6/c1-34-16-13-21(14-17-34)31-26-19-29-27(18-25(26)32-22-8-7-15-30-20-22)33-24-11-5-6-12-28(24)35(29)23-9-3-2-4-10-23/h2-12,15,18-21,32H,13-14,16-17H2,1H3/b31-26+. The maximum atomic E-state index is 5.26. The third-order valence-electron chi connectivity index (χ3n) is 6.66. The van der Waals surface area contributed by atoms with E-state index in [1.807, 2.05) is 30.5 Å². The van der Waals surface area contributed by atoms with Crippen molar-refractivity contribution >= 4 is 22.4 Å². The molecule has 6 rings (SSSR count). The number of nitrogens with one attached hydrogen (secondary N) is 1. The van der Waals surface area contributed by atoms with Crippen LogP contribution in [-0.2, 0) is 0 Å². The van der Waals surface area contributed by atoms with E-state index in [9.17, 15) is 0 Å². The zero-order valence-corrected chi connectivity index (χ0v) is 19.8. The second-order valence-electron chi connectivity index (χ2n) is 9.16. The van der Waals surface area contributed by atoms with Crippen LogP contribution in [0.4, 0.5) is 11.4 Å². The summed E-state index contributed by atoms with van der Waals surface area (Å²) in [7, 11) is 2.18. The minimum Gasteiger partial charge on any atom is -0.352 e. The molecule has 0 saturated carbocycles. The topological polar surface area (TPSA) is 58.3 Å². The summed E-state index contributed by atoms with van der Waals surface area (Å²) in [4.78, 5) is 17.0. The van der Waals surface area contributed by atoms with Gasteiger partial charge in [-0.3, -0.25) is 9.98 Å². The van der Waals surface area contributed by atoms with Gasteiger partial charge in [-0.15, -0.1) is 0 Å². The van der Waals surface area contributed by atoms with Gasteiger partial charge in [0.05, 0.1) is 51.4 Å². The van der Waals surface area contributed by atoms with Gasteiger partial charge in [0, 0.05) is 11.9 Å². The number of nitrogens with zero attached hydrogens (tertiary/aromatic N) is 5. The van der Waals surface area contributed by atoms with Crippen molar-refractivity contribution in [3.63, 3.8) is 0 Å². The van der Waals surface area contributed by atoms with E-state index in [0.717, 1.165) is 70.8 Å². The molecule has 0 amide bonds. The average Bonchev–Trinajstić information content (AvgIpc) is 2.90. The molecule has 35 heavy (non-hydrogen) atoms. The first kappa shape index (κ1) is 21.5. The van der Waals surface area contributed by atoms with E-state index in [1.165, 1.54) is 0 Å². The molecule has 0 spiro atoms. The Morgan fingerprint density at radius 2 is 1.71 bits per heavy atom. The van der Waals surface area contributed by atoms with Crippen molar-refractivity contribution in [2.45, 2.75) is 18.9 Å². The van der Waals surface area contributed by atoms with E-state index in [1.54, 1.807) is 6.20 Å². The van der Waals surface area contributed by atoms with Crippen LogP contribution in [0.5, 0.6) is 0 Å². The van der Waals surface area contributed by atoms with Gasteiger partial charge >= 0.3 is 0 Å². The zero-order chi connectivity index (χ0) is 23.6. The number of hydrogen-bond acceptors (Lipinski definition) is 5. The molecule has 0 radical (unpaired) electrons. The molecule has 1 fully saturated rings. The second kappa shape index (κ2) is 9.31. The molecule has 0 bridgehead atoms. The Balaban J connectivity index is 1.60.